The molecule has 2 N–H and O–H groups in total. The molecule has 0 radical (unpaired) electrons. The first-order valence-corrected chi connectivity index (χ1v) is 6.23. The summed E-state index contributed by atoms with van der Waals surface area (Å²) in [5.41, 5.74) is 1.47. The molecule has 1 amide bonds. The summed E-state index contributed by atoms with van der Waals surface area (Å²) in [4.78, 5) is 14.1. The molecule has 0 spiro atoms. The average Bonchev–Trinajstić information content (AvgIpc) is 2.94. The van der Waals surface area contributed by atoms with Gasteiger partial charge in [0.25, 0.3) is 5.91 Å². The van der Waals surface area contributed by atoms with Crippen molar-refractivity contribution in [1.82, 2.24) is 15.1 Å². The van der Waals surface area contributed by atoms with E-state index in [1.807, 2.05) is 6.07 Å². The van der Waals surface area contributed by atoms with Crippen molar-refractivity contribution in [3.05, 3.63) is 30.0 Å². The molecular formula is C13H15N3O3. The predicted octanol–water partition coefficient (Wildman–Crippen LogP) is 0.396. The number of nitrogens with zero attached hydrogens (tertiary/aromatic N) is 2. The molecule has 1 aliphatic rings. The van der Waals surface area contributed by atoms with Crippen molar-refractivity contribution in [1.29, 1.82) is 0 Å². The number of aromatic amines is 1. The molecule has 6 nitrogen and oxygen atoms in total. The summed E-state index contributed by atoms with van der Waals surface area (Å²) in [5.74, 6) is -0.0433. The Hall–Kier alpha value is -1.92. The number of morpholine rings is 1. The number of H-pyrrole nitrogens is 1. The second-order valence-corrected chi connectivity index (χ2v) is 4.60. The molecule has 19 heavy (non-hydrogen) atoms. The van der Waals surface area contributed by atoms with Crippen molar-refractivity contribution in [3.8, 4) is 0 Å². The number of fused-ring (bicyclic) bond motifs is 1. The number of amides is 1. The predicted molar refractivity (Wildman–Crippen MR) is 68.8 cm³/mol. The van der Waals surface area contributed by atoms with Gasteiger partial charge in [-0.25, -0.2) is 0 Å². The van der Waals surface area contributed by atoms with E-state index in [1.165, 1.54) is 0 Å². The van der Waals surface area contributed by atoms with Gasteiger partial charge >= 0.3 is 0 Å². The third-order valence-electron chi connectivity index (χ3n) is 3.32. The number of hydrogen-bond acceptors (Lipinski definition) is 4. The summed E-state index contributed by atoms with van der Waals surface area (Å²) in [7, 11) is 0. The number of nitrogens with one attached hydrogen (secondary N) is 1. The lowest BCUT2D eigenvalue weighted by Gasteiger charge is -2.32. The van der Waals surface area contributed by atoms with E-state index in [-0.39, 0.29) is 18.6 Å². The highest BCUT2D eigenvalue weighted by Crippen LogP contribution is 2.16. The third kappa shape index (κ3) is 2.32. The molecule has 6 heteroatoms. The number of ether oxygens (including phenoxy) is 1. The number of aromatic nitrogens is 2. The van der Waals surface area contributed by atoms with E-state index in [2.05, 4.69) is 10.2 Å². The summed E-state index contributed by atoms with van der Waals surface area (Å²) >= 11 is 0. The minimum absolute atomic E-state index is 0.0433. The van der Waals surface area contributed by atoms with Crippen molar-refractivity contribution >= 4 is 16.8 Å². The standard InChI is InChI=1S/C13H15N3O3/c17-8-11-7-16(3-4-19-11)13(18)9-1-2-10-6-14-15-12(10)5-9/h1-2,5-6,11,17H,3-4,7-8H2,(H,14,15). The van der Waals surface area contributed by atoms with Crippen molar-refractivity contribution < 1.29 is 14.6 Å². The minimum Gasteiger partial charge on any atom is -0.394 e. The second kappa shape index (κ2) is 4.99. The molecule has 1 saturated heterocycles. The fourth-order valence-electron chi connectivity index (χ4n) is 2.27. The summed E-state index contributed by atoms with van der Waals surface area (Å²) in [6, 6.07) is 5.47. The van der Waals surface area contributed by atoms with Crippen molar-refractivity contribution in [2.45, 2.75) is 6.10 Å². The molecule has 0 aliphatic carbocycles. The van der Waals surface area contributed by atoms with Crippen molar-refractivity contribution in [2.24, 2.45) is 0 Å². The van der Waals surface area contributed by atoms with Crippen LogP contribution in [0.25, 0.3) is 10.9 Å². The Morgan fingerprint density at radius 1 is 1.58 bits per heavy atom. The molecule has 1 aromatic carbocycles. The molecular weight excluding hydrogens is 246 g/mol. The maximum absolute atomic E-state index is 12.4. The zero-order valence-corrected chi connectivity index (χ0v) is 10.4. The van der Waals surface area contributed by atoms with Gasteiger partial charge in [-0.2, -0.15) is 5.10 Å². The Bertz CT molecular complexity index is 596. The highest BCUT2D eigenvalue weighted by molar-refractivity contribution is 5.97. The summed E-state index contributed by atoms with van der Waals surface area (Å²) in [5, 5.41) is 16.9. The molecule has 0 bridgehead atoms. The molecule has 2 aromatic rings. The quantitative estimate of drug-likeness (QED) is 0.820. The average molecular weight is 261 g/mol. The van der Waals surface area contributed by atoms with Crippen LogP contribution in [0.3, 0.4) is 0 Å². The maximum Gasteiger partial charge on any atom is 0.254 e. The molecule has 100 valence electrons. The van der Waals surface area contributed by atoms with Crippen LogP contribution in [-0.4, -0.2) is 58.5 Å². The number of aliphatic hydroxyl groups excluding tert-OH is 1. The van der Waals surface area contributed by atoms with E-state index in [0.29, 0.717) is 25.3 Å². The monoisotopic (exact) mass is 261 g/mol. The van der Waals surface area contributed by atoms with Gasteiger partial charge in [0.15, 0.2) is 0 Å². The van der Waals surface area contributed by atoms with Crippen LogP contribution in [-0.2, 0) is 4.74 Å². The van der Waals surface area contributed by atoms with Crippen LogP contribution < -0.4 is 0 Å². The molecule has 1 fully saturated rings. The Kier molecular flexibility index (Phi) is 3.18. The zero-order valence-electron chi connectivity index (χ0n) is 10.4. The molecule has 0 saturated carbocycles. The fraction of sp³-hybridized carbons (Fsp3) is 0.385. The number of aliphatic hydroxyl groups is 1. The lowest BCUT2D eigenvalue weighted by Crippen LogP contribution is -2.46. The maximum atomic E-state index is 12.4. The Morgan fingerprint density at radius 2 is 2.47 bits per heavy atom. The van der Waals surface area contributed by atoms with Crippen LogP contribution >= 0.6 is 0 Å². The third-order valence-corrected chi connectivity index (χ3v) is 3.32. The van der Waals surface area contributed by atoms with Crippen LogP contribution in [0.15, 0.2) is 24.4 Å². The molecule has 1 atom stereocenters. The fourth-order valence-corrected chi connectivity index (χ4v) is 2.27. The van der Waals surface area contributed by atoms with Gasteiger partial charge in [0.05, 0.1) is 31.0 Å². The summed E-state index contributed by atoms with van der Waals surface area (Å²) in [6.07, 6.45) is 1.44. The van der Waals surface area contributed by atoms with Gasteiger partial charge in [-0.1, -0.05) is 6.07 Å². The second-order valence-electron chi connectivity index (χ2n) is 4.60. The van der Waals surface area contributed by atoms with E-state index in [4.69, 9.17) is 9.84 Å². The van der Waals surface area contributed by atoms with Gasteiger partial charge < -0.3 is 14.7 Å². The highest BCUT2D eigenvalue weighted by Gasteiger charge is 2.24. The van der Waals surface area contributed by atoms with Gasteiger partial charge in [0, 0.05) is 24.0 Å². The number of hydrogen-bond donors (Lipinski definition) is 2. The number of rotatable bonds is 2. The van der Waals surface area contributed by atoms with Crippen LogP contribution in [0.4, 0.5) is 0 Å². The summed E-state index contributed by atoms with van der Waals surface area (Å²) in [6.45, 7) is 1.37. The SMILES string of the molecule is O=C(c1ccc2cn[nH]c2c1)N1CCOC(CO)C1. The zero-order chi connectivity index (χ0) is 13.2. The van der Waals surface area contributed by atoms with Gasteiger partial charge in [-0.05, 0) is 12.1 Å². The van der Waals surface area contributed by atoms with Gasteiger partial charge in [0.1, 0.15) is 0 Å². The number of carbonyl (C=O) groups excluding carboxylic acids is 1. The molecule has 1 aliphatic heterocycles. The van der Waals surface area contributed by atoms with Crippen molar-refractivity contribution in [2.75, 3.05) is 26.3 Å². The largest absolute Gasteiger partial charge is 0.394 e. The first-order valence-electron chi connectivity index (χ1n) is 6.23. The minimum atomic E-state index is -0.284. The Balaban J connectivity index is 1.82. The molecule has 1 unspecified atom stereocenters. The molecule has 2 heterocycles. The molecule has 1 aromatic heterocycles. The van der Waals surface area contributed by atoms with Crippen LogP contribution in [0.1, 0.15) is 10.4 Å². The van der Waals surface area contributed by atoms with Gasteiger partial charge in [-0.3, -0.25) is 9.89 Å². The highest BCUT2D eigenvalue weighted by atomic mass is 16.5. The number of carbonyl (C=O) groups is 1. The van der Waals surface area contributed by atoms with Gasteiger partial charge in [0.2, 0.25) is 0 Å². The summed E-state index contributed by atoms with van der Waals surface area (Å²) < 4.78 is 5.34. The van der Waals surface area contributed by atoms with Crippen molar-refractivity contribution in [3.63, 3.8) is 0 Å². The topological polar surface area (TPSA) is 78.5 Å². The Morgan fingerprint density at radius 3 is 3.32 bits per heavy atom. The van der Waals surface area contributed by atoms with E-state index in [9.17, 15) is 4.79 Å². The van der Waals surface area contributed by atoms with E-state index < -0.39 is 0 Å². The van der Waals surface area contributed by atoms with Crippen LogP contribution in [0.2, 0.25) is 0 Å². The van der Waals surface area contributed by atoms with Crippen LogP contribution in [0.5, 0.6) is 0 Å². The van der Waals surface area contributed by atoms with E-state index >= 15 is 0 Å². The van der Waals surface area contributed by atoms with E-state index in [1.54, 1.807) is 23.2 Å². The first-order chi connectivity index (χ1) is 9.28. The lowest BCUT2D eigenvalue weighted by molar-refractivity contribution is -0.0447. The van der Waals surface area contributed by atoms with E-state index in [0.717, 1.165) is 10.9 Å². The smallest absolute Gasteiger partial charge is 0.254 e. The van der Waals surface area contributed by atoms with Gasteiger partial charge in [-0.15, -0.1) is 0 Å². The normalized spacial score (nSPS) is 19.8. The first kappa shape index (κ1) is 12.1. The number of benzene rings is 1. The Labute approximate surface area is 110 Å². The van der Waals surface area contributed by atoms with Crippen LogP contribution in [0, 0.1) is 0 Å². The molecule has 3 rings (SSSR count). The lowest BCUT2D eigenvalue weighted by atomic mass is 10.1.